The molecule has 0 radical (unpaired) electrons. The average molecular weight is 280 g/mol. The van der Waals surface area contributed by atoms with Crippen molar-refractivity contribution >= 4 is 11.4 Å². The van der Waals surface area contributed by atoms with Crippen LogP contribution in [0.2, 0.25) is 0 Å². The van der Waals surface area contributed by atoms with E-state index in [1.54, 1.807) is 0 Å². The van der Waals surface area contributed by atoms with E-state index in [1.807, 2.05) is 39.0 Å². The Balaban J connectivity index is 2.73. The lowest BCUT2D eigenvalue weighted by atomic mass is 9.94. The van der Waals surface area contributed by atoms with E-state index in [9.17, 15) is 5.11 Å². The van der Waals surface area contributed by atoms with Gasteiger partial charge in [-0.3, -0.25) is 0 Å². The van der Waals surface area contributed by atoms with Gasteiger partial charge in [0.2, 0.25) is 0 Å². The third kappa shape index (κ3) is 5.29. The molecule has 4 N–H and O–H groups in total. The number of ether oxygens (including phenoxy) is 1. The average Bonchev–Trinajstić information content (AvgIpc) is 2.28. The molecule has 0 amide bonds. The van der Waals surface area contributed by atoms with Crippen LogP contribution in [0.4, 0.5) is 11.4 Å². The summed E-state index contributed by atoms with van der Waals surface area (Å²) in [6.45, 7) is 10.4. The highest BCUT2D eigenvalue weighted by molar-refractivity contribution is 5.73. The molecule has 0 aliphatic carbocycles. The lowest BCUT2D eigenvalue weighted by Crippen LogP contribution is -2.35. The van der Waals surface area contributed by atoms with Crippen LogP contribution in [-0.2, 0) is 0 Å². The monoisotopic (exact) mass is 280 g/mol. The zero-order valence-corrected chi connectivity index (χ0v) is 13.2. The van der Waals surface area contributed by atoms with E-state index in [0.717, 1.165) is 12.1 Å². The number of nitrogens with two attached hydrogens (primary N) is 1. The molecule has 4 heteroatoms. The summed E-state index contributed by atoms with van der Waals surface area (Å²) in [4.78, 5) is 0. The first-order valence-electron chi connectivity index (χ1n) is 7.22. The number of aliphatic hydroxyl groups is 1. The summed E-state index contributed by atoms with van der Waals surface area (Å²) in [5.74, 6) is 1.12. The van der Waals surface area contributed by atoms with E-state index in [1.165, 1.54) is 0 Å². The van der Waals surface area contributed by atoms with Crippen molar-refractivity contribution in [2.45, 2.75) is 52.7 Å². The van der Waals surface area contributed by atoms with Gasteiger partial charge in [-0.1, -0.05) is 19.9 Å². The van der Waals surface area contributed by atoms with E-state index in [2.05, 4.69) is 19.2 Å². The zero-order valence-electron chi connectivity index (χ0n) is 13.2. The summed E-state index contributed by atoms with van der Waals surface area (Å²) < 4.78 is 5.65. The molecule has 0 spiro atoms. The molecule has 1 unspecified atom stereocenters. The highest BCUT2D eigenvalue weighted by Crippen LogP contribution is 2.30. The van der Waals surface area contributed by atoms with Gasteiger partial charge in [0.1, 0.15) is 5.75 Å². The number of nitrogens with one attached hydrogen (secondary N) is 1. The van der Waals surface area contributed by atoms with Crippen LogP contribution < -0.4 is 15.8 Å². The molecular weight excluding hydrogens is 252 g/mol. The van der Waals surface area contributed by atoms with Crippen LogP contribution in [0.15, 0.2) is 18.2 Å². The summed E-state index contributed by atoms with van der Waals surface area (Å²) in [7, 11) is 0. The predicted molar refractivity (Wildman–Crippen MR) is 85.2 cm³/mol. The summed E-state index contributed by atoms with van der Waals surface area (Å²) in [6, 6.07) is 5.65. The van der Waals surface area contributed by atoms with Gasteiger partial charge in [0.05, 0.1) is 23.1 Å². The molecule has 114 valence electrons. The summed E-state index contributed by atoms with van der Waals surface area (Å²) in [5.41, 5.74) is 6.72. The van der Waals surface area contributed by atoms with E-state index in [4.69, 9.17) is 10.5 Å². The molecule has 0 bridgehead atoms. The second-order valence-corrected chi connectivity index (χ2v) is 6.33. The van der Waals surface area contributed by atoms with Gasteiger partial charge in [-0.05, 0) is 45.2 Å². The summed E-state index contributed by atoms with van der Waals surface area (Å²) in [6.07, 6.45) is 0.818. The zero-order chi connectivity index (χ0) is 15.3. The second kappa shape index (κ2) is 6.84. The van der Waals surface area contributed by atoms with Crippen molar-refractivity contribution in [1.29, 1.82) is 0 Å². The fourth-order valence-corrected chi connectivity index (χ4v) is 2.29. The molecule has 0 saturated carbocycles. The van der Waals surface area contributed by atoms with Gasteiger partial charge in [-0.2, -0.15) is 0 Å². The lowest BCUT2D eigenvalue weighted by molar-refractivity contribution is 0.0515. The van der Waals surface area contributed by atoms with Gasteiger partial charge in [0.25, 0.3) is 0 Å². The quantitative estimate of drug-likeness (QED) is 0.671. The first-order chi connectivity index (χ1) is 9.21. The molecule has 0 aliphatic heterocycles. The Hall–Kier alpha value is -1.42. The number of rotatable bonds is 7. The lowest BCUT2D eigenvalue weighted by Gasteiger charge is -2.26. The van der Waals surface area contributed by atoms with Crippen LogP contribution in [0.3, 0.4) is 0 Å². The number of anilines is 2. The molecule has 0 heterocycles. The Morgan fingerprint density at radius 2 is 1.95 bits per heavy atom. The second-order valence-electron chi connectivity index (χ2n) is 6.33. The van der Waals surface area contributed by atoms with Crippen molar-refractivity contribution in [3.05, 3.63) is 18.2 Å². The molecule has 1 aromatic rings. The van der Waals surface area contributed by atoms with E-state index in [0.29, 0.717) is 23.9 Å². The van der Waals surface area contributed by atoms with Crippen molar-refractivity contribution in [3.63, 3.8) is 0 Å². The highest BCUT2D eigenvalue weighted by Gasteiger charge is 2.22. The van der Waals surface area contributed by atoms with Gasteiger partial charge in [0.15, 0.2) is 0 Å². The van der Waals surface area contributed by atoms with Crippen LogP contribution in [0.5, 0.6) is 5.75 Å². The van der Waals surface area contributed by atoms with Crippen molar-refractivity contribution in [2.75, 3.05) is 17.6 Å². The normalized spacial score (nSPS) is 14.4. The number of nitrogen functional groups attached to an aromatic ring is 1. The van der Waals surface area contributed by atoms with Gasteiger partial charge < -0.3 is 20.9 Å². The molecule has 20 heavy (non-hydrogen) atoms. The van der Waals surface area contributed by atoms with E-state index < -0.39 is 5.60 Å². The molecule has 1 aromatic carbocycles. The minimum Gasteiger partial charge on any atom is -0.489 e. The van der Waals surface area contributed by atoms with Crippen molar-refractivity contribution in [3.8, 4) is 5.75 Å². The van der Waals surface area contributed by atoms with Gasteiger partial charge >= 0.3 is 0 Å². The molecule has 4 nitrogen and oxygen atoms in total. The number of hydrogen-bond acceptors (Lipinski definition) is 4. The fourth-order valence-electron chi connectivity index (χ4n) is 2.29. The summed E-state index contributed by atoms with van der Waals surface area (Å²) >= 11 is 0. The van der Waals surface area contributed by atoms with Gasteiger partial charge in [-0.25, -0.2) is 0 Å². The molecular formula is C16H28N2O2. The van der Waals surface area contributed by atoms with Crippen LogP contribution in [0.25, 0.3) is 0 Å². The van der Waals surface area contributed by atoms with E-state index >= 15 is 0 Å². The standard InChI is InChI=1S/C16H28N2O2/c1-11(2)9-16(5,19)10-18-13-7-6-8-14(15(13)17)20-12(3)4/h6-8,11-12,18-19H,9-10,17H2,1-5H3. The molecule has 1 atom stereocenters. The molecule has 0 fully saturated rings. The number of benzene rings is 1. The minimum absolute atomic E-state index is 0.0802. The maximum Gasteiger partial charge on any atom is 0.144 e. The largest absolute Gasteiger partial charge is 0.489 e. The maximum atomic E-state index is 10.3. The van der Waals surface area contributed by atoms with Crippen LogP contribution >= 0.6 is 0 Å². The Labute approximate surface area is 122 Å². The van der Waals surface area contributed by atoms with Crippen molar-refractivity contribution < 1.29 is 9.84 Å². The fraction of sp³-hybridized carbons (Fsp3) is 0.625. The molecule has 0 aromatic heterocycles. The minimum atomic E-state index is -0.754. The van der Waals surface area contributed by atoms with Crippen molar-refractivity contribution in [2.24, 2.45) is 5.92 Å². The molecule has 1 rings (SSSR count). The predicted octanol–water partition coefficient (Wildman–Crippen LogP) is 3.27. The number of para-hydroxylation sites is 1. The first-order valence-corrected chi connectivity index (χ1v) is 7.22. The first kappa shape index (κ1) is 16.6. The molecule has 0 aliphatic rings. The van der Waals surface area contributed by atoms with Crippen LogP contribution in [-0.4, -0.2) is 23.4 Å². The van der Waals surface area contributed by atoms with Crippen molar-refractivity contribution in [1.82, 2.24) is 0 Å². The molecule has 0 saturated heterocycles. The maximum absolute atomic E-state index is 10.3. The third-order valence-electron chi connectivity index (χ3n) is 2.94. The number of hydrogen-bond donors (Lipinski definition) is 3. The Bertz CT molecular complexity index is 428. The highest BCUT2D eigenvalue weighted by atomic mass is 16.5. The topological polar surface area (TPSA) is 67.5 Å². The SMILES string of the molecule is CC(C)CC(C)(O)CNc1cccc(OC(C)C)c1N. The summed E-state index contributed by atoms with van der Waals surface area (Å²) in [5, 5.41) is 13.5. The van der Waals surface area contributed by atoms with Gasteiger partial charge in [0, 0.05) is 6.54 Å². The van der Waals surface area contributed by atoms with E-state index in [-0.39, 0.29) is 6.10 Å². The third-order valence-corrected chi connectivity index (χ3v) is 2.94. The van der Waals surface area contributed by atoms with Gasteiger partial charge in [-0.15, -0.1) is 0 Å². The Morgan fingerprint density at radius 1 is 1.30 bits per heavy atom. The smallest absolute Gasteiger partial charge is 0.144 e. The van der Waals surface area contributed by atoms with Crippen LogP contribution in [0.1, 0.15) is 41.0 Å². The van der Waals surface area contributed by atoms with Crippen LogP contribution in [0, 0.1) is 5.92 Å². The Morgan fingerprint density at radius 3 is 2.50 bits per heavy atom. The Kier molecular flexibility index (Phi) is 5.69.